The molecule has 3 rings (SSSR count). The Morgan fingerprint density at radius 2 is 2.29 bits per heavy atom. The Balaban J connectivity index is 1.75. The van der Waals surface area contributed by atoms with E-state index in [0.29, 0.717) is 5.92 Å². The van der Waals surface area contributed by atoms with Gasteiger partial charge in [0, 0.05) is 36.6 Å². The minimum Gasteiger partial charge on any atom is -0.378 e. The lowest BCUT2D eigenvalue weighted by atomic mass is 10.0. The zero-order chi connectivity index (χ0) is 14.8. The molecule has 2 heterocycles. The van der Waals surface area contributed by atoms with Crippen LogP contribution in [0.5, 0.6) is 0 Å². The highest BCUT2D eigenvalue weighted by Crippen LogP contribution is 2.23. The molecule has 1 saturated heterocycles. The van der Waals surface area contributed by atoms with Crippen LogP contribution in [0.4, 0.5) is 11.5 Å². The van der Waals surface area contributed by atoms with Gasteiger partial charge in [-0.3, -0.25) is 10.1 Å². The molecule has 1 aromatic heterocycles. The fraction of sp³-hybridized carbons (Fsp3) is 0.400. The molecule has 6 nitrogen and oxygen atoms in total. The van der Waals surface area contributed by atoms with Gasteiger partial charge >= 0.3 is 0 Å². The summed E-state index contributed by atoms with van der Waals surface area (Å²) in [6, 6.07) is 8.41. The average molecular weight is 287 g/mol. The summed E-state index contributed by atoms with van der Waals surface area (Å²) < 4.78 is 5.54. The summed E-state index contributed by atoms with van der Waals surface area (Å²) in [7, 11) is 0. The van der Waals surface area contributed by atoms with Gasteiger partial charge in [0.05, 0.1) is 16.5 Å². The number of nitrogens with one attached hydrogen (secondary N) is 1. The van der Waals surface area contributed by atoms with E-state index in [-0.39, 0.29) is 11.8 Å². The number of pyridine rings is 1. The number of ether oxygens (including phenoxy) is 1. The normalized spacial score (nSPS) is 21.6. The smallest absolute Gasteiger partial charge is 0.270 e. The fourth-order valence-electron chi connectivity index (χ4n) is 2.60. The Bertz CT molecular complexity index is 674. The van der Waals surface area contributed by atoms with E-state index in [1.807, 2.05) is 12.1 Å². The Hall–Kier alpha value is -2.21. The van der Waals surface area contributed by atoms with E-state index in [1.54, 1.807) is 12.1 Å². The molecule has 0 radical (unpaired) electrons. The molecule has 110 valence electrons. The SMILES string of the molecule is CC1OCCC1CNc1ccc2cc([N+](=O)[O-])ccc2n1. The maximum absolute atomic E-state index is 10.8. The first kappa shape index (κ1) is 13.8. The maximum atomic E-state index is 10.8. The van der Waals surface area contributed by atoms with Gasteiger partial charge in [0.25, 0.3) is 5.69 Å². The van der Waals surface area contributed by atoms with Gasteiger partial charge in [0.1, 0.15) is 5.82 Å². The average Bonchev–Trinajstić information content (AvgIpc) is 2.89. The van der Waals surface area contributed by atoms with Crippen molar-refractivity contribution in [3.05, 3.63) is 40.4 Å². The van der Waals surface area contributed by atoms with Crippen LogP contribution in [-0.4, -0.2) is 29.2 Å². The number of fused-ring (bicyclic) bond motifs is 1. The highest BCUT2D eigenvalue weighted by Gasteiger charge is 2.23. The van der Waals surface area contributed by atoms with Crippen molar-refractivity contribution in [2.75, 3.05) is 18.5 Å². The van der Waals surface area contributed by atoms with Gasteiger partial charge in [0.15, 0.2) is 0 Å². The largest absolute Gasteiger partial charge is 0.378 e. The minimum atomic E-state index is -0.396. The number of aromatic nitrogens is 1. The van der Waals surface area contributed by atoms with Crippen molar-refractivity contribution in [2.45, 2.75) is 19.4 Å². The lowest BCUT2D eigenvalue weighted by molar-refractivity contribution is -0.384. The van der Waals surface area contributed by atoms with Gasteiger partial charge in [-0.05, 0) is 31.5 Å². The first-order chi connectivity index (χ1) is 10.1. The molecule has 21 heavy (non-hydrogen) atoms. The number of hydrogen-bond acceptors (Lipinski definition) is 5. The second-order valence-electron chi connectivity index (χ2n) is 5.34. The molecular formula is C15H17N3O3. The summed E-state index contributed by atoms with van der Waals surface area (Å²) in [5.74, 6) is 1.29. The second kappa shape index (κ2) is 5.65. The highest BCUT2D eigenvalue weighted by atomic mass is 16.6. The molecular weight excluding hydrogens is 270 g/mol. The molecule has 1 N–H and O–H groups in total. The van der Waals surface area contributed by atoms with Crippen molar-refractivity contribution in [3.63, 3.8) is 0 Å². The van der Waals surface area contributed by atoms with Gasteiger partial charge in [-0.25, -0.2) is 4.98 Å². The molecule has 0 amide bonds. The van der Waals surface area contributed by atoms with Crippen LogP contribution in [0.15, 0.2) is 30.3 Å². The molecule has 2 unspecified atom stereocenters. The first-order valence-electron chi connectivity index (χ1n) is 7.04. The van der Waals surface area contributed by atoms with E-state index < -0.39 is 4.92 Å². The summed E-state index contributed by atoms with van der Waals surface area (Å²) in [6.07, 6.45) is 1.34. The molecule has 0 saturated carbocycles. The quantitative estimate of drug-likeness (QED) is 0.691. The zero-order valence-corrected chi connectivity index (χ0v) is 11.8. The standard InChI is InChI=1S/C15H17N3O3/c1-10-12(6-7-21-10)9-16-15-5-2-11-8-13(18(19)20)3-4-14(11)17-15/h2-5,8,10,12H,6-7,9H2,1H3,(H,16,17). The van der Waals surface area contributed by atoms with Crippen LogP contribution in [0.3, 0.4) is 0 Å². The topological polar surface area (TPSA) is 77.3 Å². The van der Waals surface area contributed by atoms with Gasteiger partial charge in [-0.1, -0.05) is 0 Å². The van der Waals surface area contributed by atoms with E-state index in [2.05, 4.69) is 17.2 Å². The Labute approximate surface area is 122 Å². The monoisotopic (exact) mass is 287 g/mol. The Kier molecular flexibility index (Phi) is 3.70. The molecule has 1 aliphatic heterocycles. The predicted molar refractivity (Wildman–Crippen MR) is 80.4 cm³/mol. The van der Waals surface area contributed by atoms with Gasteiger partial charge < -0.3 is 10.1 Å². The van der Waals surface area contributed by atoms with Crippen LogP contribution < -0.4 is 5.32 Å². The van der Waals surface area contributed by atoms with Crippen LogP contribution >= 0.6 is 0 Å². The number of non-ortho nitro benzene ring substituents is 1. The number of nitro groups is 1. The minimum absolute atomic E-state index is 0.0851. The number of nitrogens with zero attached hydrogens (tertiary/aromatic N) is 2. The molecule has 0 spiro atoms. The van der Waals surface area contributed by atoms with E-state index in [0.717, 1.165) is 36.3 Å². The Morgan fingerprint density at radius 3 is 3.00 bits per heavy atom. The third-order valence-electron chi connectivity index (χ3n) is 3.96. The van der Waals surface area contributed by atoms with E-state index in [1.165, 1.54) is 6.07 Å². The van der Waals surface area contributed by atoms with E-state index in [4.69, 9.17) is 4.74 Å². The van der Waals surface area contributed by atoms with E-state index >= 15 is 0 Å². The zero-order valence-electron chi connectivity index (χ0n) is 11.8. The van der Waals surface area contributed by atoms with Crippen LogP contribution in [-0.2, 0) is 4.74 Å². The predicted octanol–water partition coefficient (Wildman–Crippen LogP) is 2.98. The summed E-state index contributed by atoms with van der Waals surface area (Å²) in [5, 5.41) is 14.8. The lowest BCUT2D eigenvalue weighted by Gasteiger charge is -2.15. The van der Waals surface area contributed by atoms with Gasteiger partial charge in [-0.15, -0.1) is 0 Å². The first-order valence-corrected chi connectivity index (χ1v) is 7.04. The van der Waals surface area contributed by atoms with Gasteiger partial charge in [-0.2, -0.15) is 0 Å². The molecule has 1 fully saturated rings. The molecule has 1 aliphatic rings. The summed E-state index contributed by atoms with van der Waals surface area (Å²) in [4.78, 5) is 14.8. The third kappa shape index (κ3) is 2.95. The second-order valence-corrected chi connectivity index (χ2v) is 5.34. The third-order valence-corrected chi connectivity index (χ3v) is 3.96. The van der Waals surface area contributed by atoms with Crippen molar-refractivity contribution < 1.29 is 9.66 Å². The molecule has 2 aromatic rings. The molecule has 6 heteroatoms. The maximum Gasteiger partial charge on any atom is 0.270 e. The molecule has 0 aliphatic carbocycles. The molecule has 1 aromatic carbocycles. The van der Waals surface area contributed by atoms with Crippen molar-refractivity contribution >= 4 is 22.4 Å². The molecule has 0 bridgehead atoms. The molecule has 2 atom stereocenters. The van der Waals surface area contributed by atoms with Crippen molar-refractivity contribution in [1.29, 1.82) is 0 Å². The van der Waals surface area contributed by atoms with E-state index in [9.17, 15) is 10.1 Å². The number of benzene rings is 1. The van der Waals surface area contributed by atoms with Crippen molar-refractivity contribution in [1.82, 2.24) is 4.98 Å². The van der Waals surface area contributed by atoms with Crippen LogP contribution in [0, 0.1) is 16.0 Å². The fourth-order valence-corrected chi connectivity index (χ4v) is 2.60. The van der Waals surface area contributed by atoms with Crippen LogP contribution in [0.2, 0.25) is 0 Å². The highest BCUT2D eigenvalue weighted by molar-refractivity contribution is 5.82. The number of hydrogen-bond donors (Lipinski definition) is 1. The number of rotatable bonds is 4. The van der Waals surface area contributed by atoms with Crippen LogP contribution in [0.1, 0.15) is 13.3 Å². The van der Waals surface area contributed by atoms with Crippen LogP contribution in [0.25, 0.3) is 10.9 Å². The van der Waals surface area contributed by atoms with Crippen molar-refractivity contribution in [2.24, 2.45) is 5.92 Å². The lowest BCUT2D eigenvalue weighted by Crippen LogP contribution is -2.21. The summed E-state index contributed by atoms with van der Waals surface area (Å²) >= 11 is 0. The number of nitro benzene ring substituents is 1. The van der Waals surface area contributed by atoms with Gasteiger partial charge in [0.2, 0.25) is 0 Å². The summed E-state index contributed by atoms with van der Waals surface area (Å²) in [5.41, 5.74) is 0.836. The number of anilines is 1. The Morgan fingerprint density at radius 1 is 1.43 bits per heavy atom. The van der Waals surface area contributed by atoms with Crippen molar-refractivity contribution in [3.8, 4) is 0 Å². The summed E-state index contributed by atoms with van der Waals surface area (Å²) in [6.45, 7) is 3.74.